The molecule has 6 nitrogen and oxygen atoms in total. The van der Waals surface area contributed by atoms with E-state index in [0.29, 0.717) is 5.95 Å². The second-order valence-corrected chi connectivity index (χ2v) is 2.76. The van der Waals surface area contributed by atoms with Crippen LogP contribution in [0.15, 0.2) is 4.99 Å². The molecule has 0 bridgehead atoms. The minimum atomic E-state index is 0.416. The number of aromatic amines is 1. The highest BCUT2D eigenvalue weighted by Gasteiger charge is 2.14. The molecule has 1 aromatic heterocycles. The molecule has 64 valence electrons. The molecule has 0 aromatic carbocycles. The third-order valence-electron chi connectivity index (χ3n) is 1.90. The predicted octanol–water partition coefficient (Wildman–Crippen LogP) is -0.0447. The van der Waals surface area contributed by atoms with Crippen molar-refractivity contribution in [1.82, 2.24) is 25.5 Å². The van der Waals surface area contributed by atoms with Gasteiger partial charge in [-0.3, -0.25) is 0 Å². The SMILES string of the molecule is CN1CCCC1=Nc1nn[nH]n1. The molecule has 1 aromatic rings. The monoisotopic (exact) mass is 166 g/mol. The number of hydrogen-bond acceptors (Lipinski definition) is 4. The fourth-order valence-electron chi connectivity index (χ4n) is 1.25. The van der Waals surface area contributed by atoms with Gasteiger partial charge in [-0.25, -0.2) is 0 Å². The molecule has 1 saturated heterocycles. The second kappa shape index (κ2) is 2.88. The van der Waals surface area contributed by atoms with Crippen molar-refractivity contribution in [3.63, 3.8) is 0 Å². The highest BCUT2D eigenvalue weighted by Crippen LogP contribution is 2.11. The molecule has 2 rings (SSSR count). The smallest absolute Gasteiger partial charge is 0.290 e. The fourth-order valence-corrected chi connectivity index (χ4v) is 1.25. The number of likely N-dealkylation sites (tertiary alicyclic amines) is 1. The van der Waals surface area contributed by atoms with Crippen LogP contribution in [0.1, 0.15) is 12.8 Å². The van der Waals surface area contributed by atoms with Gasteiger partial charge in [-0.2, -0.15) is 10.2 Å². The van der Waals surface area contributed by atoms with E-state index in [1.807, 2.05) is 7.05 Å². The lowest BCUT2D eigenvalue weighted by Gasteiger charge is -2.08. The summed E-state index contributed by atoms with van der Waals surface area (Å²) in [5.74, 6) is 1.45. The molecule has 0 radical (unpaired) electrons. The van der Waals surface area contributed by atoms with E-state index in [-0.39, 0.29) is 0 Å². The highest BCUT2D eigenvalue weighted by molar-refractivity contribution is 5.85. The lowest BCUT2D eigenvalue weighted by Crippen LogP contribution is -2.18. The predicted molar refractivity (Wildman–Crippen MR) is 43.1 cm³/mol. The lowest BCUT2D eigenvalue weighted by molar-refractivity contribution is 0.549. The molecule has 1 aliphatic rings. The van der Waals surface area contributed by atoms with Gasteiger partial charge in [0, 0.05) is 20.0 Å². The fraction of sp³-hybridized carbons (Fsp3) is 0.667. The molecular weight excluding hydrogens is 156 g/mol. The van der Waals surface area contributed by atoms with E-state index >= 15 is 0 Å². The van der Waals surface area contributed by atoms with E-state index in [0.717, 1.165) is 25.2 Å². The molecular formula is C6H10N6. The first kappa shape index (κ1) is 7.20. The first-order valence-electron chi connectivity index (χ1n) is 3.88. The van der Waals surface area contributed by atoms with Crippen molar-refractivity contribution in [3.05, 3.63) is 0 Å². The molecule has 0 amide bonds. The van der Waals surface area contributed by atoms with Gasteiger partial charge in [-0.15, -0.1) is 5.10 Å². The molecule has 12 heavy (non-hydrogen) atoms. The second-order valence-electron chi connectivity index (χ2n) is 2.76. The van der Waals surface area contributed by atoms with Crippen LogP contribution in [-0.2, 0) is 0 Å². The van der Waals surface area contributed by atoms with Crippen LogP contribution in [0.25, 0.3) is 0 Å². The van der Waals surface area contributed by atoms with Crippen LogP contribution in [0.4, 0.5) is 5.95 Å². The van der Waals surface area contributed by atoms with Crippen LogP contribution in [0.2, 0.25) is 0 Å². The Kier molecular flexibility index (Phi) is 1.73. The number of tetrazole rings is 1. The van der Waals surface area contributed by atoms with Gasteiger partial charge in [0.25, 0.3) is 5.95 Å². The largest absolute Gasteiger partial charge is 0.363 e. The summed E-state index contributed by atoms with van der Waals surface area (Å²) in [5, 5.41) is 13.3. The number of rotatable bonds is 1. The number of H-pyrrole nitrogens is 1. The average molecular weight is 166 g/mol. The van der Waals surface area contributed by atoms with Crippen LogP contribution >= 0.6 is 0 Å². The van der Waals surface area contributed by atoms with Gasteiger partial charge in [0.15, 0.2) is 0 Å². The van der Waals surface area contributed by atoms with Crippen molar-refractivity contribution in [2.24, 2.45) is 4.99 Å². The molecule has 0 unspecified atom stereocenters. The van der Waals surface area contributed by atoms with E-state index < -0.39 is 0 Å². The van der Waals surface area contributed by atoms with E-state index in [4.69, 9.17) is 0 Å². The summed E-state index contributed by atoms with van der Waals surface area (Å²) in [4.78, 5) is 6.33. The van der Waals surface area contributed by atoms with E-state index in [1.165, 1.54) is 0 Å². The maximum Gasteiger partial charge on any atom is 0.290 e. The van der Waals surface area contributed by atoms with Crippen molar-refractivity contribution in [3.8, 4) is 0 Å². The van der Waals surface area contributed by atoms with Gasteiger partial charge in [-0.05, 0) is 11.6 Å². The van der Waals surface area contributed by atoms with Crippen molar-refractivity contribution in [2.45, 2.75) is 12.8 Å². The van der Waals surface area contributed by atoms with Crippen LogP contribution in [0.3, 0.4) is 0 Å². The lowest BCUT2D eigenvalue weighted by atomic mass is 10.4. The van der Waals surface area contributed by atoms with Crippen molar-refractivity contribution in [2.75, 3.05) is 13.6 Å². The van der Waals surface area contributed by atoms with Gasteiger partial charge >= 0.3 is 0 Å². The molecule has 2 heterocycles. The molecule has 1 fully saturated rings. The van der Waals surface area contributed by atoms with Gasteiger partial charge in [0.05, 0.1) is 0 Å². The standard InChI is InChI=1S/C6H10N6/c1-12-4-2-3-5(12)7-6-8-10-11-9-6/h2-4H2,1H3,(H,8,9,10,11). The highest BCUT2D eigenvalue weighted by atomic mass is 15.5. The zero-order chi connectivity index (χ0) is 8.39. The summed E-state index contributed by atoms with van der Waals surface area (Å²) in [5.41, 5.74) is 0. The summed E-state index contributed by atoms with van der Waals surface area (Å²) in [6, 6.07) is 0. The van der Waals surface area contributed by atoms with Gasteiger partial charge < -0.3 is 4.90 Å². The van der Waals surface area contributed by atoms with E-state index in [1.54, 1.807) is 0 Å². The number of nitrogens with one attached hydrogen (secondary N) is 1. The maximum atomic E-state index is 4.23. The van der Waals surface area contributed by atoms with Crippen LogP contribution in [0, 0.1) is 0 Å². The van der Waals surface area contributed by atoms with E-state index in [9.17, 15) is 0 Å². The van der Waals surface area contributed by atoms with Crippen LogP contribution in [0.5, 0.6) is 0 Å². The Balaban J connectivity index is 2.18. The van der Waals surface area contributed by atoms with Gasteiger partial charge in [0.1, 0.15) is 5.84 Å². The third-order valence-corrected chi connectivity index (χ3v) is 1.90. The maximum absolute atomic E-state index is 4.23. The Morgan fingerprint density at radius 1 is 1.58 bits per heavy atom. The molecule has 0 atom stereocenters. The third kappa shape index (κ3) is 1.27. The molecule has 0 saturated carbocycles. The Bertz CT molecular complexity index is 276. The van der Waals surface area contributed by atoms with E-state index in [2.05, 4.69) is 30.5 Å². The molecule has 0 spiro atoms. The summed E-state index contributed by atoms with van der Waals surface area (Å²) in [6.45, 7) is 1.07. The summed E-state index contributed by atoms with van der Waals surface area (Å²) >= 11 is 0. The van der Waals surface area contributed by atoms with Gasteiger partial charge in [0.2, 0.25) is 0 Å². The van der Waals surface area contributed by atoms with Crippen molar-refractivity contribution in [1.29, 1.82) is 0 Å². The van der Waals surface area contributed by atoms with Crippen LogP contribution < -0.4 is 0 Å². The Morgan fingerprint density at radius 2 is 2.50 bits per heavy atom. The normalized spacial score (nSPS) is 20.8. The van der Waals surface area contributed by atoms with Gasteiger partial charge in [-0.1, -0.05) is 5.10 Å². The van der Waals surface area contributed by atoms with Crippen molar-refractivity contribution < 1.29 is 0 Å². The number of nitrogens with zero attached hydrogens (tertiary/aromatic N) is 5. The number of aliphatic imine (C=N–C) groups is 1. The summed E-state index contributed by atoms with van der Waals surface area (Å²) < 4.78 is 0. The Hall–Kier alpha value is -1.46. The first-order chi connectivity index (χ1) is 5.86. The summed E-state index contributed by atoms with van der Waals surface area (Å²) in [6.07, 6.45) is 2.16. The molecule has 1 N–H and O–H groups in total. The minimum Gasteiger partial charge on any atom is -0.363 e. The number of hydrogen-bond donors (Lipinski definition) is 1. The average Bonchev–Trinajstić information content (AvgIpc) is 2.65. The minimum absolute atomic E-state index is 0.416. The zero-order valence-electron chi connectivity index (χ0n) is 6.86. The Labute approximate surface area is 69.7 Å². The summed E-state index contributed by atoms with van der Waals surface area (Å²) in [7, 11) is 2.02. The number of amidine groups is 1. The molecule has 1 aliphatic heterocycles. The number of aromatic nitrogens is 4. The van der Waals surface area contributed by atoms with Crippen molar-refractivity contribution >= 4 is 11.8 Å². The zero-order valence-corrected chi connectivity index (χ0v) is 6.86. The molecule has 6 heteroatoms. The molecule has 0 aliphatic carbocycles. The quantitative estimate of drug-likeness (QED) is 0.635. The Morgan fingerprint density at radius 3 is 3.08 bits per heavy atom. The first-order valence-corrected chi connectivity index (χ1v) is 3.88. The van der Waals surface area contributed by atoms with Crippen LogP contribution in [-0.4, -0.2) is 45.0 Å². The topological polar surface area (TPSA) is 70.1 Å².